The van der Waals surface area contributed by atoms with E-state index in [1.165, 1.54) is 0 Å². The monoisotopic (exact) mass is 279 g/mol. The Morgan fingerprint density at radius 3 is 2.67 bits per heavy atom. The van der Waals surface area contributed by atoms with Gasteiger partial charge >= 0.3 is 0 Å². The highest BCUT2D eigenvalue weighted by Gasteiger charge is 2.08. The molecule has 7 heteroatoms. The maximum atomic E-state index is 4.50. The van der Waals surface area contributed by atoms with Crippen molar-refractivity contribution in [1.29, 1.82) is 0 Å². The molecule has 7 nitrogen and oxygen atoms in total. The van der Waals surface area contributed by atoms with Gasteiger partial charge in [0.25, 0.3) is 5.78 Å². The maximum absolute atomic E-state index is 4.50. The highest BCUT2D eigenvalue weighted by Crippen LogP contribution is 2.06. The second kappa shape index (κ2) is 4.62. The van der Waals surface area contributed by atoms with Crippen LogP contribution in [0.3, 0.4) is 0 Å². The zero-order valence-electron chi connectivity index (χ0n) is 11.5. The van der Waals surface area contributed by atoms with E-state index in [-0.39, 0.29) is 0 Å². The molecule has 4 aromatic rings. The van der Waals surface area contributed by atoms with Crippen LogP contribution in [0, 0.1) is 6.92 Å². The molecule has 0 spiro atoms. The van der Waals surface area contributed by atoms with E-state index in [0.29, 0.717) is 18.6 Å². The number of aryl methyl sites for hydroxylation is 3. The van der Waals surface area contributed by atoms with Crippen molar-refractivity contribution in [1.82, 2.24) is 34.2 Å². The molecule has 4 aromatic heterocycles. The molecule has 104 valence electrons. The van der Waals surface area contributed by atoms with Gasteiger partial charge in [0, 0.05) is 31.4 Å². The minimum Gasteiger partial charge on any atom is -0.221 e. The molecule has 0 saturated heterocycles. The van der Waals surface area contributed by atoms with Gasteiger partial charge in [0.2, 0.25) is 0 Å². The molecule has 0 aliphatic carbocycles. The van der Waals surface area contributed by atoms with E-state index in [1.807, 2.05) is 42.0 Å². The fraction of sp³-hybridized carbons (Fsp3) is 0.214. The first-order valence-electron chi connectivity index (χ1n) is 6.76. The highest BCUT2D eigenvalue weighted by atomic mass is 15.3. The lowest BCUT2D eigenvalue weighted by atomic mass is 10.3. The number of fused-ring (bicyclic) bond motifs is 2. The van der Waals surface area contributed by atoms with Crippen LogP contribution in [0.15, 0.2) is 36.8 Å². The van der Waals surface area contributed by atoms with Gasteiger partial charge in [-0.3, -0.25) is 0 Å². The summed E-state index contributed by atoms with van der Waals surface area (Å²) in [4.78, 5) is 13.0. The summed E-state index contributed by atoms with van der Waals surface area (Å²) in [5, 5.41) is 8.85. The van der Waals surface area contributed by atoms with Crippen LogP contribution in [0.4, 0.5) is 0 Å². The van der Waals surface area contributed by atoms with Crippen molar-refractivity contribution in [2.45, 2.75) is 19.8 Å². The molecule has 0 unspecified atom stereocenters. The summed E-state index contributed by atoms with van der Waals surface area (Å²) in [5.74, 6) is 2.17. The van der Waals surface area contributed by atoms with Gasteiger partial charge in [-0.05, 0) is 24.6 Å². The lowest BCUT2D eigenvalue weighted by molar-refractivity contribution is 0.787. The largest absolute Gasteiger partial charge is 0.252 e. The van der Waals surface area contributed by atoms with Crippen molar-refractivity contribution in [2.75, 3.05) is 0 Å². The van der Waals surface area contributed by atoms with Crippen LogP contribution in [-0.2, 0) is 12.8 Å². The molecule has 0 aliphatic heterocycles. The van der Waals surface area contributed by atoms with E-state index in [9.17, 15) is 0 Å². The predicted molar refractivity (Wildman–Crippen MR) is 75.9 cm³/mol. The van der Waals surface area contributed by atoms with Crippen LogP contribution in [0.25, 0.3) is 11.4 Å². The van der Waals surface area contributed by atoms with Crippen molar-refractivity contribution >= 4 is 11.4 Å². The quantitative estimate of drug-likeness (QED) is 0.564. The number of pyridine rings is 1. The zero-order valence-corrected chi connectivity index (χ0v) is 11.5. The molecule has 0 aromatic carbocycles. The SMILES string of the molecule is Cc1ccc2nc(CCc3nc4ncccn4n3)nn2c1. The van der Waals surface area contributed by atoms with Crippen molar-refractivity contribution in [3.63, 3.8) is 0 Å². The first kappa shape index (κ1) is 12.0. The Morgan fingerprint density at radius 1 is 1.00 bits per heavy atom. The molecule has 0 N–H and O–H groups in total. The summed E-state index contributed by atoms with van der Waals surface area (Å²) in [6.45, 7) is 2.04. The van der Waals surface area contributed by atoms with Crippen LogP contribution in [0.2, 0.25) is 0 Å². The fourth-order valence-electron chi connectivity index (χ4n) is 2.24. The van der Waals surface area contributed by atoms with E-state index in [1.54, 1.807) is 10.7 Å². The first-order valence-corrected chi connectivity index (χ1v) is 6.76. The minimum atomic E-state index is 0.617. The summed E-state index contributed by atoms with van der Waals surface area (Å²) in [7, 11) is 0. The average Bonchev–Trinajstić information content (AvgIpc) is 3.07. The molecule has 0 bridgehead atoms. The van der Waals surface area contributed by atoms with Gasteiger partial charge in [0.15, 0.2) is 17.3 Å². The predicted octanol–water partition coefficient (Wildman–Crippen LogP) is 1.26. The molecular weight excluding hydrogens is 266 g/mol. The number of nitrogens with zero attached hydrogens (tertiary/aromatic N) is 7. The molecule has 0 aliphatic rings. The summed E-state index contributed by atoms with van der Waals surface area (Å²) in [6.07, 6.45) is 6.92. The minimum absolute atomic E-state index is 0.617. The Balaban J connectivity index is 1.57. The lowest BCUT2D eigenvalue weighted by Crippen LogP contribution is -1.97. The Morgan fingerprint density at radius 2 is 1.81 bits per heavy atom. The number of aromatic nitrogens is 7. The van der Waals surface area contributed by atoms with Crippen LogP contribution >= 0.6 is 0 Å². The molecular formula is C14H13N7. The van der Waals surface area contributed by atoms with Crippen LogP contribution < -0.4 is 0 Å². The van der Waals surface area contributed by atoms with Crippen LogP contribution in [0.1, 0.15) is 17.2 Å². The van der Waals surface area contributed by atoms with Gasteiger partial charge < -0.3 is 0 Å². The number of hydrogen-bond donors (Lipinski definition) is 0. The van der Waals surface area contributed by atoms with E-state index >= 15 is 0 Å². The fourth-order valence-corrected chi connectivity index (χ4v) is 2.24. The van der Waals surface area contributed by atoms with Crippen molar-refractivity contribution in [3.8, 4) is 0 Å². The van der Waals surface area contributed by atoms with E-state index in [2.05, 4.69) is 25.1 Å². The van der Waals surface area contributed by atoms with Crippen molar-refractivity contribution in [3.05, 3.63) is 54.0 Å². The molecule has 4 heterocycles. The molecule has 21 heavy (non-hydrogen) atoms. The van der Waals surface area contributed by atoms with Crippen molar-refractivity contribution in [2.24, 2.45) is 0 Å². The lowest BCUT2D eigenvalue weighted by Gasteiger charge is -1.91. The summed E-state index contributed by atoms with van der Waals surface area (Å²) >= 11 is 0. The van der Waals surface area contributed by atoms with Crippen LogP contribution in [-0.4, -0.2) is 34.2 Å². The second-order valence-corrected chi connectivity index (χ2v) is 4.93. The Bertz CT molecular complexity index is 888. The summed E-state index contributed by atoms with van der Waals surface area (Å²) in [5.41, 5.74) is 2.02. The third kappa shape index (κ3) is 2.22. The van der Waals surface area contributed by atoms with Gasteiger partial charge in [-0.15, -0.1) is 5.10 Å². The maximum Gasteiger partial charge on any atom is 0.252 e. The second-order valence-electron chi connectivity index (χ2n) is 4.93. The Kier molecular flexibility index (Phi) is 2.63. The third-order valence-corrected chi connectivity index (χ3v) is 3.26. The molecule has 4 rings (SSSR count). The molecule has 0 amide bonds. The highest BCUT2D eigenvalue weighted by molar-refractivity contribution is 5.38. The van der Waals surface area contributed by atoms with Crippen molar-refractivity contribution < 1.29 is 0 Å². The summed E-state index contributed by atoms with van der Waals surface area (Å²) < 4.78 is 3.49. The number of hydrogen-bond acceptors (Lipinski definition) is 5. The molecule has 0 radical (unpaired) electrons. The third-order valence-electron chi connectivity index (χ3n) is 3.26. The van der Waals surface area contributed by atoms with E-state index in [0.717, 1.165) is 22.9 Å². The topological polar surface area (TPSA) is 73.3 Å². The van der Waals surface area contributed by atoms with E-state index < -0.39 is 0 Å². The van der Waals surface area contributed by atoms with Gasteiger partial charge in [0.05, 0.1) is 0 Å². The standard InChI is InChI=1S/C14H13N7/c1-10-3-6-13-16-11(19-21(13)9-10)4-5-12-17-14-15-7-2-8-20(14)18-12/h2-3,6-9H,4-5H2,1H3. The van der Waals surface area contributed by atoms with Gasteiger partial charge in [-0.1, -0.05) is 6.07 Å². The smallest absolute Gasteiger partial charge is 0.221 e. The van der Waals surface area contributed by atoms with Gasteiger partial charge in [-0.2, -0.15) is 10.1 Å². The zero-order chi connectivity index (χ0) is 14.2. The molecule has 0 atom stereocenters. The molecule has 0 fully saturated rings. The normalized spacial score (nSPS) is 11.5. The van der Waals surface area contributed by atoms with Crippen LogP contribution in [0.5, 0.6) is 0 Å². The van der Waals surface area contributed by atoms with Gasteiger partial charge in [0.1, 0.15) is 0 Å². The van der Waals surface area contributed by atoms with Gasteiger partial charge in [-0.25, -0.2) is 19.0 Å². The first-order chi connectivity index (χ1) is 10.3. The molecule has 0 saturated carbocycles. The Hall–Kier alpha value is -2.83. The average molecular weight is 279 g/mol. The van der Waals surface area contributed by atoms with E-state index in [4.69, 9.17) is 0 Å². The summed E-state index contributed by atoms with van der Waals surface area (Å²) in [6, 6.07) is 5.83. The number of rotatable bonds is 3. The Labute approximate surface area is 120 Å².